The van der Waals surface area contributed by atoms with Gasteiger partial charge >= 0.3 is 0 Å². The second-order valence-corrected chi connectivity index (χ2v) is 10.5. The lowest BCUT2D eigenvalue weighted by Gasteiger charge is -2.28. The largest absolute Gasteiger partial charge is 0.493 e. The summed E-state index contributed by atoms with van der Waals surface area (Å²) >= 11 is 0. The number of ether oxygens (including phenoxy) is 1. The minimum atomic E-state index is -0.436. The summed E-state index contributed by atoms with van der Waals surface area (Å²) in [6.07, 6.45) is 3.37. The molecule has 1 saturated carbocycles. The molecule has 4 aromatic rings. The molecular formula is C31H33N3O6. The number of aliphatic hydroxyl groups excluding tert-OH is 1. The van der Waals surface area contributed by atoms with Crippen LogP contribution in [0.2, 0.25) is 0 Å². The molecule has 1 amide bonds. The summed E-state index contributed by atoms with van der Waals surface area (Å²) in [5.41, 5.74) is 1.50. The van der Waals surface area contributed by atoms with E-state index in [0.717, 1.165) is 31.1 Å². The smallest absolute Gasteiger partial charge is 0.272 e. The van der Waals surface area contributed by atoms with Gasteiger partial charge in [0.2, 0.25) is 0 Å². The first kappa shape index (κ1) is 27.3. The number of carbonyl (C=O) groups is 3. The van der Waals surface area contributed by atoms with Crippen LogP contribution in [0.4, 0.5) is 0 Å². The van der Waals surface area contributed by atoms with Crippen molar-refractivity contribution < 1.29 is 24.2 Å². The number of carbonyl (C=O) groups excluding carboxylic acids is 3. The monoisotopic (exact) mass is 543 g/mol. The maximum atomic E-state index is 14.0. The van der Waals surface area contributed by atoms with Crippen LogP contribution in [0, 0.1) is 5.92 Å². The van der Waals surface area contributed by atoms with Crippen LogP contribution in [0.3, 0.4) is 0 Å². The number of benzene rings is 2. The van der Waals surface area contributed by atoms with E-state index in [1.807, 2.05) is 24.3 Å². The van der Waals surface area contributed by atoms with Gasteiger partial charge in [-0.25, -0.2) is 0 Å². The van der Waals surface area contributed by atoms with Crippen LogP contribution >= 0.6 is 0 Å². The van der Waals surface area contributed by atoms with Crippen molar-refractivity contribution in [3.05, 3.63) is 76.2 Å². The van der Waals surface area contributed by atoms with E-state index in [0.29, 0.717) is 23.0 Å². The topological polar surface area (TPSA) is 120 Å². The summed E-state index contributed by atoms with van der Waals surface area (Å²) in [6, 6.07) is 16.1. The van der Waals surface area contributed by atoms with Crippen molar-refractivity contribution in [2.75, 3.05) is 13.7 Å². The Labute approximate surface area is 231 Å². The third-order valence-electron chi connectivity index (χ3n) is 7.95. The highest BCUT2D eigenvalue weighted by atomic mass is 16.5. The molecule has 0 spiro atoms. The predicted octanol–water partition coefficient (Wildman–Crippen LogP) is 3.62. The number of ketones is 2. The van der Waals surface area contributed by atoms with Crippen LogP contribution in [-0.2, 0) is 18.4 Å². The number of methoxy groups -OCH3 is 1. The van der Waals surface area contributed by atoms with Gasteiger partial charge in [-0.2, -0.15) is 0 Å². The number of para-hydroxylation sites is 1. The number of nitrogens with one attached hydrogen (secondary N) is 1. The fourth-order valence-electron chi connectivity index (χ4n) is 5.95. The molecule has 1 aliphatic rings. The zero-order valence-corrected chi connectivity index (χ0v) is 22.7. The van der Waals surface area contributed by atoms with Crippen molar-refractivity contribution >= 4 is 39.3 Å². The van der Waals surface area contributed by atoms with Crippen molar-refractivity contribution in [3.8, 4) is 5.75 Å². The Morgan fingerprint density at radius 3 is 2.35 bits per heavy atom. The van der Waals surface area contributed by atoms with Crippen molar-refractivity contribution in [2.45, 2.75) is 44.7 Å². The molecule has 208 valence electrons. The summed E-state index contributed by atoms with van der Waals surface area (Å²) in [5, 5.41) is 13.1. The van der Waals surface area contributed by atoms with Gasteiger partial charge in [-0.3, -0.25) is 23.7 Å². The lowest BCUT2D eigenvalue weighted by molar-refractivity contribution is -0.122. The van der Waals surface area contributed by atoms with Crippen molar-refractivity contribution in [1.29, 1.82) is 0 Å². The second-order valence-electron chi connectivity index (χ2n) is 10.5. The van der Waals surface area contributed by atoms with Gasteiger partial charge in [0.25, 0.3) is 11.5 Å². The number of Topliss-reactive ketones (excluding diaryl/α,β-unsaturated/α-hetero) is 2. The first-order chi connectivity index (χ1) is 19.3. The highest BCUT2D eigenvalue weighted by Crippen LogP contribution is 2.35. The number of rotatable bonds is 9. The molecule has 2 aromatic heterocycles. The van der Waals surface area contributed by atoms with Crippen LogP contribution in [-0.4, -0.2) is 51.5 Å². The molecular weight excluding hydrogens is 510 g/mol. The van der Waals surface area contributed by atoms with Gasteiger partial charge in [0, 0.05) is 30.5 Å². The maximum Gasteiger partial charge on any atom is 0.272 e. The molecule has 2 heterocycles. The number of pyridine rings is 1. The van der Waals surface area contributed by atoms with E-state index in [1.165, 1.54) is 11.7 Å². The Hall–Kier alpha value is -4.24. The minimum Gasteiger partial charge on any atom is -0.493 e. The average Bonchev–Trinajstić information content (AvgIpc) is 3.28. The summed E-state index contributed by atoms with van der Waals surface area (Å²) in [4.78, 5) is 52.3. The number of aryl methyl sites for hydroxylation is 1. The van der Waals surface area contributed by atoms with Crippen LogP contribution in [0.5, 0.6) is 5.75 Å². The van der Waals surface area contributed by atoms with Gasteiger partial charge in [0.05, 0.1) is 24.7 Å². The normalized spacial score (nSPS) is 17.2. The highest BCUT2D eigenvalue weighted by molar-refractivity contribution is 6.12. The Morgan fingerprint density at radius 1 is 1.00 bits per heavy atom. The van der Waals surface area contributed by atoms with Crippen molar-refractivity contribution in [2.24, 2.45) is 13.0 Å². The molecule has 9 nitrogen and oxygen atoms in total. The molecule has 2 N–H and O–H groups in total. The molecule has 5 rings (SSSR count). The first-order valence-corrected chi connectivity index (χ1v) is 13.5. The van der Waals surface area contributed by atoms with Crippen LogP contribution in [0.15, 0.2) is 59.4 Å². The SMILES string of the molecule is COc1c(C(=O)NC2CCC(CC(=O)CO)CC2)n(C)c2c1c(=O)n(CC(=O)c1ccccc1)c1ccccc21. The molecule has 0 aliphatic heterocycles. The van der Waals surface area contributed by atoms with Gasteiger partial charge in [-0.15, -0.1) is 0 Å². The van der Waals surface area contributed by atoms with Gasteiger partial charge in [-0.05, 0) is 37.7 Å². The van der Waals surface area contributed by atoms with Gasteiger partial charge in [-0.1, -0.05) is 48.5 Å². The molecule has 0 atom stereocenters. The molecule has 9 heteroatoms. The maximum absolute atomic E-state index is 14.0. The molecule has 2 aromatic carbocycles. The Morgan fingerprint density at radius 2 is 1.68 bits per heavy atom. The highest BCUT2D eigenvalue weighted by Gasteiger charge is 2.30. The average molecular weight is 544 g/mol. The molecule has 40 heavy (non-hydrogen) atoms. The van der Waals surface area contributed by atoms with E-state index in [9.17, 15) is 19.2 Å². The number of hydrogen-bond acceptors (Lipinski definition) is 6. The molecule has 0 saturated heterocycles. The minimum absolute atomic E-state index is 0.0763. The number of aromatic nitrogens is 2. The van der Waals surface area contributed by atoms with Gasteiger partial charge < -0.3 is 19.7 Å². The van der Waals surface area contributed by atoms with E-state index in [1.54, 1.807) is 41.9 Å². The van der Waals surface area contributed by atoms with Crippen LogP contribution < -0.4 is 15.6 Å². The Bertz CT molecular complexity index is 1640. The molecule has 1 fully saturated rings. The quantitative estimate of drug-likeness (QED) is 0.311. The lowest BCUT2D eigenvalue weighted by Crippen LogP contribution is -2.38. The van der Waals surface area contributed by atoms with Crippen LogP contribution in [0.25, 0.3) is 21.8 Å². The number of aliphatic hydroxyl groups is 1. The number of hydrogen-bond donors (Lipinski definition) is 2. The zero-order valence-electron chi connectivity index (χ0n) is 22.7. The summed E-state index contributed by atoms with van der Waals surface area (Å²) < 4.78 is 8.84. The van der Waals surface area contributed by atoms with E-state index in [4.69, 9.17) is 9.84 Å². The Balaban J connectivity index is 1.52. The number of nitrogens with zero attached hydrogens (tertiary/aromatic N) is 2. The summed E-state index contributed by atoms with van der Waals surface area (Å²) in [6.45, 7) is -0.588. The second kappa shape index (κ2) is 11.5. The standard InChI is InChI=1S/C31H33N3O6/c1-33-27-23-10-6-7-11-24(23)34(17-25(37)20-8-4-3-5-9-20)31(39)26(27)29(40-2)28(33)30(38)32-21-14-12-19(13-15-21)16-22(36)18-35/h3-11,19,21,35H,12-18H2,1-2H3,(H,32,38). The van der Waals surface area contributed by atoms with E-state index in [2.05, 4.69) is 5.32 Å². The van der Waals surface area contributed by atoms with E-state index in [-0.39, 0.29) is 52.8 Å². The summed E-state index contributed by atoms with van der Waals surface area (Å²) in [5.74, 6) is -0.314. The third kappa shape index (κ3) is 5.04. The molecule has 0 bridgehead atoms. The number of amides is 1. The lowest BCUT2D eigenvalue weighted by atomic mass is 9.83. The van der Waals surface area contributed by atoms with Crippen LogP contribution in [0.1, 0.15) is 53.0 Å². The molecule has 1 aliphatic carbocycles. The van der Waals surface area contributed by atoms with Gasteiger partial charge in [0.15, 0.2) is 23.0 Å². The van der Waals surface area contributed by atoms with Crippen molar-refractivity contribution in [3.63, 3.8) is 0 Å². The van der Waals surface area contributed by atoms with E-state index < -0.39 is 12.2 Å². The van der Waals surface area contributed by atoms with Gasteiger partial charge in [0.1, 0.15) is 12.0 Å². The third-order valence-corrected chi connectivity index (χ3v) is 7.95. The fourth-order valence-corrected chi connectivity index (χ4v) is 5.95. The zero-order chi connectivity index (χ0) is 28.4. The Kier molecular flexibility index (Phi) is 7.84. The number of fused-ring (bicyclic) bond motifs is 3. The summed E-state index contributed by atoms with van der Waals surface area (Å²) in [7, 11) is 3.17. The van der Waals surface area contributed by atoms with Crippen molar-refractivity contribution in [1.82, 2.24) is 14.5 Å². The fraction of sp³-hybridized carbons (Fsp3) is 0.355. The molecule has 0 unspecified atom stereocenters. The molecule has 0 radical (unpaired) electrons. The first-order valence-electron chi connectivity index (χ1n) is 13.5. The predicted molar refractivity (Wildman–Crippen MR) is 152 cm³/mol. The van der Waals surface area contributed by atoms with E-state index >= 15 is 0 Å².